The Bertz CT molecular complexity index is 1030. The van der Waals surface area contributed by atoms with E-state index in [1.807, 2.05) is 26.0 Å². The monoisotopic (exact) mass is 389 g/mol. The normalized spacial score (nSPS) is 13.4. The highest BCUT2D eigenvalue weighted by Gasteiger charge is 2.23. The van der Waals surface area contributed by atoms with Crippen LogP contribution in [-0.4, -0.2) is 30.3 Å². The minimum atomic E-state index is -0.239. The largest absolute Gasteiger partial charge is 0.457 e. The maximum atomic E-state index is 11.6. The molecule has 0 unspecified atom stereocenters. The summed E-state index contributed by atoms with van der Waals surface area (Å²) in [4.78, 5) is 20.1. The number of esters is 1. The predicted molar refractivity (Wildman–Crippen MR) is 111 cm³/mol. The van der Waals surface area contributed by atoms with Crippen LogP contribution in [0.2, 0.25) is 0 Å². The van der Waals surface area contributed by atoms with Crippen LogP contribution in [0.15, 0.2) is 41.2 Å². The van der Waals surface area contributed by atoms with Crippen molar-refractivity contribution in [3.63, 3.8) is 0 Å². The first-order chi connectivity index (χ1) is 14.0. The van der Waals surface area contributed by atoms with Crippen LogP contribution in [0.25, 0.3) is 0 Å². The molecular weight excluding hydrogens is 366 g/mol. The number of nitrogens with two attached hydrogens (primary N) is 1. The van der Waals surface area contributed by atoms with Gasteiger partial charge < -0.3 is 15.8 Å². The van der Waals surface area contributed by atoms with Crippen molar-refractivity contribution in [3.05, 3.63) is 69.5 Å². The van der Waals surface area contributed by atoms with Gasteiger partial charge in [-0.2, -0.15) is 5.26 Å². The number of cyclic esters (lactones) is 1. The van der Waals surface area contributed by atoms with Crippen molar-refractivity contribution in [2.75, 3.05) is 13.1 Å². The molecule has 29 heavy (non-hydrogen) atoms. The van der Waals surface area contributed by atoms with Crippen LogP contribution in [0.4, 0.5) is 5.82 Å². The number of ether oxygens (including phenoxy) is 1. The fraction of sp³-hybridized carbons (Fsp3) is 0.273. The van der Waals surface area contributed by atoms with Gasteiger partial charge >= 0.3 is 5.97 Å². The molecule has 7 nitrogen and oxygen atoms in total. The molecule has 0 fully saturated rings. The molecule has 0 radical (unpaired) electrons. The first-order valence-corrected chi connectivity index (χ1v) is 9.34. The van der Waals surface area contributed by atoms with Crippen molar-refractivity contribution in [2.45, 2.75) is 26.9 Å². The molecule has 1 aromatic heterocycles. The van der Waals surface area contributed by atoms with Crippen LogP contribution in [0.5, 0.6) is 0 Å². The van der Waals surface area contributed by atoms with Gasteiger partial charge in [-0.25, -0.2) is 14.8 Å². The average molecular weight is 389 g/mol. The van der Waals surface area contributed by atoms with Crippen molar-refractivity contribution in [1.29, 1.82) is 5.26 Å². The maximum absolute atomic E-state index is 11.6. The van der Waals surface area contributed by atoms with Crippen LogP contribution >= 0.6 is 0 Å². The summed E-state index contributed by atoms with van der Waals surface area (Å²) in [5.41, 5.74) is 11.9. The fourth-order valence-electron chi connectivity index (χ4n) is 3.15. The van der Waals surface area contributed by atoms with Gasteiger partial charge in [-0.15, -0.1) is 0 Å². The molecule has 3 N–H and O–H groups in total. The summed E-state index contributed by atoms with van der Waals surface area (Å²) in [5, 5.41) is 12.3. The highest BCUT2D eigenvalue weighted by atomic mass is 16.5. The topological polar surface area (TPSA) is 113 Å². The Kier molecular flexibility index (Phi) is 6.37. The molecule has 2 heterocycles. The number of aryl methyl sites for hydroxylation is 1. The van der Waals surface area contributed by atoms with Crippen molar-refractivity contribution in [2.24, 2.45) is 10.7 Å². The zero-order chi connectivity index (χ0) is 20.8. The summed E-state index contributed by atoms with van der Waals surface area (Å²) >= 11 is 0. The molecule has 0 amide bonds. The number of pyridine rings is 1. The van der Waals surface area contributed by atoms with Gasteiger partial charge in [-0.3, -0.25) is 0 Å². The Morgan fingerprint density at radius 1 is 1.45 bits per heavy atom. The van der Waals surface area contributed by atoms with Crippen molar-refractivity contribution < 1.29 is 9.53 Å². The minimum Gasteiger partial charge on any atom is -0.457 e. The molecule has 1 aliphatic rings. The third kappa shape index (κ3) is 4.68. The predicted octanol–water partition coefficient (Wildman–Crippen LogP) is 2.62. The molecule has 0 spiro atoms. The number of hydrogen-bond donors (Lipinski definition) is 2. The molecule has 2 aromatic rings. The lowest BCUT2D eigenvalue weighted by molar-refractivity contribution is 0.0535. The highest BCUT2D eigenvalue weighted by molar-refractivity contribution is 5.93. The lowest BCUT2D eigenvalue weighted by Crippen LogP contribution is -2.21. The summed E-state index contributed by atoms with van der Waals surface area (Å²) in [6.07, 6.45) is 5.53. The van der Waals surface area contributed by atoms with E-state index in [1.165, 1.54) is 18.0 Å². The smallest absolute Gasteiger partial charge is 0.338 e. The molecule has 0 aliphatic carbocycles. The third-order valence-electron chi connectivity index (χ3n) is 4.97. The van der Waals surface area contributed by atoms with Gasteiger partial charge in [-0.1, -0.05) is 6.07 Å². The Balaban J connectivity index is 1.53. The van der Waals surface area contributed by atoms with Crippen molar-refractivity contribution in [1.82, 2.24) is 10.3 Å². The van der Waals surface area contributed by atoms with E-state index in [0.717, 1.165) is 35.2 Å². The number of aromatic nitrogens is 1. The first kappa shape index (κ1) is 20.2. The minimum absolute atomic E-state index is 0.239. The Morgan fingerprint density at radius 3 is 3.00 bits per heavy atom. The van der Waals surface area contributed by atoms with Crippen LogP contribution in [-0.2, 0) is 17.8 Å². The van der Waals surface area contributed by atoms with Crippen LogP contribution in [0.1, 0.15) is 38.2 Å². The van der Waals surface area contributed by atoms with Gasteiger partial charge in [0.15, 0.2) is 5.82 Å². The van der Waals surface area contributed by atoms with Crippen LogP contribution in [0, 0.1) is 25.2 Å². The maximum Gasteiger partial charge on any atom is 0.338 e. The van der Waals surface area contributed by atoms with Gasteiger partial charge in [0.05, 0.1) is 11.1 Å². The number of nitrogens with one attached hydrogen (secondary N) is 1. The summed E-state index contributed by atoms with van der Waals surface area (Å²) in [6.45, 7) is 5.57. The summed E-state index contributed by atoms with van der Waals surface area (Å²) in [7, 11) is 0. The SMILES string of the molecule is Cc1cc(N=CC(=CN)CNCCc2ccc3c(c2C)COC3=O)ncc1C#N. The molecule has 148 valence electrons. The molecular formula is C22H23N5O2. The molecule has 1 aliphatic heterocycles. The number of fused-ring (bicyclic) bond motifs is 1. The Hall–Kier alpha value is -3.50. The second-order valence-corrected chi connectivity index (χ2v) is 6.85. The molecule has 3 rings (SSSR count). The number of nitrogens with zero attached hydrogens (tertiary/aromatic N) is 3. The van der Waals surface area contributed by atoms with E-state index >= 15 is 0 Å². The zero-order valence-corrected chi connectivity index (χ0v) is 16.5. The molecule has 0 bridgehead atoms. The standard InChI is InChI=1S/C22H23N5O2/c1-14-7-21(27-12-18(14)9-24)26-11-16(8-23)10-25-6-5-17-3-4-19-20(15(17)2)13-29-22(19)28/h3-4,7-8,11-12,25H,5-6,10,13,23H2,1-2H3. The second-order valence-electron chi connectivity index (χ2n) is 6.85. The molecule has 0 saturated heterocycles. The number of aliphatic imine (C=N–C) groups is 1. The van der Waals surface area contributed by atoms with E-state index < -0.39 is 0 Å². The number of benzene rings is 1. The molecule has 7 heteroatoms. The van der Waals surface area contributed by atoms with Gasteiger partial charge in [0.2, 0.25) is 0 Å². The van der Waals surface area contributed by atoms with Crippen molar-refractivity contribution >= 4 is 18.0 Å². The quantitative estimate of drug-likeness (QED) is 0.427. The number of hydrogen-bond acceptors (Lipinski definition) is 7. The Labute approximate surface area is 169 Å². The number of carbonyl (C=O) groups is 1. The molecule has 1 aromatic carbocycles. The van der Waals surface area contributed by atoms with Crippen LogP contribution < -0.4 is 11.1 Å². The fourth-order valence-corrected chi connectivity index (χ4v) is 3.15. The number of nitriles is 1. The van der Waals surface area contributed by atoms with Crippen molar-refractivity contribution in [3.8, 4) is 6.07 Å². The van der Waals surface area contributed by atoms with E-state index in [-0.39, 0.29) is 5.97 Å². The van der Waals surface area contributed by atoms with Gasteiger partial charge in [0.1, 0.15) is 12.7 Å². The third-order valence-corrected chi connectivity index (χ3v) is 4.97. The number of carbonyl (C=O) groups excluding carboxylic acids is 1. The molecule has 0 saturated carbocycles. The first-order valence-electron chi connectivity index (χ1n) is 9.34. The lowest BCUT2D eigenvalue weighted by Gasteiger charge is -2.10. The zero-order valence-electron chi connectivity index (χ0n) is 16.5. The second kappa shape index (κ2) is 9.13. The van der Waals surface area contributed by atoms with E-state index in [9.17, 15) is 4.79 Å². The van der Waals surface area contributed by atoms with Gasteiger partial charge in [0, 0.05) is 24.5 Å². The highest BCUT2D eigenvalue weighted by Crippen LogP contribution is 2.26. The van der Waals surface area contributed by atoms with Crippen LogP contribution in [0.3, 0.4) is 0 Å². The number of rotatable bonds is 7. The summed E-state index contributed by atoms with van der Waals surface area (Å²) in [6, 6.07) is 7.69. The summed E-state index contributed by atoms with van der Waals surface area (Å²) < 4.78 is 5.10. The van der Waals surface area contributed by atoms with Gasteiger partial charge in [0.25, 0.3) is 0 Å². The van der Waals surface area contributed by atoms with E-state index in [4.69, 9.17) is 15.7 Å². The Morgan fingerprint density at radius 2 is 2.28 bits per heavy atom. The van der Waals surface area contributed by atoms with E-state index in [1.54, 1.807) is 12.3 Å². The summed E-state index contributed by atoms with van der Waals surface area (Å²) in [5.74, 6) is 0.295. The lowest BCUT2D eigenvalue weighted by atomic mass is 9.97. The molecule has 0 atom stereocenters. The average Bonchev–Trinajstić information content (AvgIpc) is 3.10. The van der Waals surface area contributed by atoms with E-state index in [2.05, 4.69) is 21.4 Å². The van der Waals surface area contributed by atoms with E-state index in [0.29, 0.717) is 30.1 Å². The van der Waals surface area contributed by atoms with Gasteiger partial charge in [-0.05, 0) is 67.4 Å².